The Morgan fingerprint density at radius 3 is 2.69 bits per heavy atom. The van der Waals surface area contributed by atoms with Gasteiger partial charge in [0.2, 0.25) is 0 Å². The maximum atomic E-state index is 12.4. The Balaban J connectivity index is 1.45. The first-order valence-corrected chi connectivity index (χ1v) is 8.86. The third kappa shape index (κ3) is 3.52. The van der Waals surface area contributed by atoms with E-state index in [0.29, 0.717) is 16.3 Å². The molecule has 0 spiro atoms. The minimum atomic E-state index is -0.313. The summed E-state index contributed by atoms with van der Waals surface area (Å²) in [7, 11) is 2.12. The van der Waals surface area contributed by atoms with Crippen molar-refractivity contribution in [3.8, 4) is 0 Å². The van der Waals surface area contributed by atoms with Crippen molar-refractivity contribution in [1.82, 2.24) is 9.88 Å². The van der Waals surface area contributed by atoms with Crippen LogP contribution in [-0.2, 0) is 0 Å². The lowest BCUT2D eigenvalue weighted by atomic mass is 10.2. The minimum absolute atomic E-state index is 0.241. The first kappa shape index (κ1) is 16.9. The zero-order valence-corrected chi connectivity index (χ0v) is 15.2. The van der Waals surface area contributed by atoms with Crippen LogP contribution >= 0.6 is 11.6 Å². The Hall–Kier alpha value is -2.57. The highest BCUT2D eigenvalue weighted by molar-refractivity contribution is 6.31. The molecule has 4 rings (SSSR count). The fourth-order valence-electron chi connectivity index (χ4n) is 3.00. The highest BCUT2D eigenvalue weighted by Gasteiger charge is 2.16. The summed E-state index contributed by atoms with van der Waals surface area (Å²) in [6.07, 6.45) is 1.67. The molecule has 1 N–H and O–H groups in total. The van der Waals surface area contributed by atoms with Gasteiger partial charge in [0.15, 0.2) is 5.76 Å². The molecule has 0 unspecified atom stereocenters. The molecule has 3 aromatic rings. The standard InChI is InChI=1S/C19H19ClN4O2/c1-23-6-8-24(9-7-23)18-5-3-15(12-21-18)22-19(25)17-11-13-10-14(20)2-4-16(13)26-17/h2-5,10-12H,6-9H2,1H3,(H,22,25). The van der Waals surface area contributed by atoms with Gasteiger partial charge < -0.3 is 19.5 Å². The average molecular weight is 371 g/mol. The molecule has 2 aromatic heterocycles. The van der Waals surface area contributed by atoms with Crippen LogP contribution in [-0.4, -0.2) is 49.0 Å². The number of rotatable bonds is 3. The van der Waals surface area contributed by atoms with Gasteiger partial charge in [0.25, 0.3) is 5.91 Å². The number of aromatic nitrogens is 1. The smallest absolute Gasteiger partial charge is 0.291 e. The van der Waals surface area contributed by atoms with Gasteiger partial charge >= 0.3 is 0 Å². The monoisotopic (exact) mass is 370 g/mol. The number of likely N-dealkylation sites (N-methyl/N-ethyl adjacent to an activating group) is 1. The van der Waals surface area contributed by atoms with Gasteiger partial charge in [0, 0.05) is 36.6 Å². The number of amides is 1. The topological polar surface area (TPSA) is 61.6 Å². The number of anilines is 2. The number of nitrogens with one attached hydrogen (secondary N) is 1. The van der Waals surface area contributed by atoms with Crippen LogP contribution in [0.3, 0.4) is 0 Å². The second-order valence-corrected chi connectivity index (χ2v) is 6.88. The molecular weight excluding hydrogens is 352 g/mol. The fraction of sp³-hybridized carbons (Fsp3) is 0.263. The first-order valence-electron chi connectivity index (χ1n) is 8.48. The third-order valence-electron chi connectivity index (χ3n) is 4.54. The van der Waals surface area contributed by atoms with E-state index in [1.807, 2.05) is 12.1 Å². The number of halogens is 1. The molecule has 6 nitrogen and oxygen atoms in total. The molecule has 26 heavy (non-hydrogen) atoms. The van der Waals surface area contributed by atoms with E-state index in [4.69, 9.17) is 16.0 Å². The first-order chi connectivity index (χ1) is 12.6. The van der Waals surface area contributed by atoms with E-state index in [9.17, 15) is 4.79 Å². The van der Waals surface area contributed by atoms with Gasteiger partial charge in [-0.3, -0.25) is 4.79 Å². The van der Waals surface area contributed by atoms with Crippen molar-refractivity contribution < 1.29 is 9.21 Å². The molecule has 0 atom stereocenters. The van der Waals surface area contributed by atoms with Crippen molar-refractivity contribution in [3.63, 3.8) is 0 Å². The fourth-order valence-corrected chi connectivity index (χ4v) is 3.18. The molecule has 134 valence electrons. The Morgan fingerprint density at radius 1 is 1.15 bits per heavy atom. The minimum Gasteiger partial charge on any atom is -0.451 e. The summed E-state index contributed by atoms with van der Waals surface area (Å²) in [6, 6.07) is 10.7. The van der Waals surface area contributed by atoms with Crippen molar-refractivity contribution in [1.29, 1.82) is 0 Å². The van der Waals surface area contributed by atoms with Crippen molar-refractivity contribution in [2.75, 3.05) is 43.4 Å². The van der Waals surface area contributed by atoms with Crippen LogP contribution in [0, 0.1) is 0 Å². The zero-order valence-electron chi connectivity index (χ0n) is 14.4. The SMILES string of the molecule is CN1CCN(c2ccc(NC(=O)c3cc4cc(Cl)ccc4o3)cn2)CC1. The number of nitrogens with zero attached hydrogens (tertiary/aromatic N) is 3. The highest BCUT2D eigenvalue weighted by Crippen LogP contribution is 2.24. The summed E-state index contributed by atoms with van der Waals surface area (Å²) in [5, 5.41) is 4.22. The van der Waals surface area contributed by atoms with Crippen molar-refractivity contribution in [2.45, 2.75) is 0 Å². The summed E-state index contributed by atoms with van der Waals surface area (Å²) < 4.78 is 5.58. The number of carbonyl (C=O) groups excluding carboxylic acids is 1. The highest BCUT2D eigenvalue weighted by atomic mass is 35.5. The maximum absolute atomic E-state index is 12.4. The summed E-state index contributed by atoms with van der Waals surface area (Å²) in [4.78, 5) is 21.4. The van der Waals surface area contributed by atoms with Crippen LogP contribution < -0.4 is 10.2 Å². The van der Waals surface area contributed by atoms with E-state index >= 15 is 0 Å². The molecule has 0 bridgehead atoms. The number of fused-ring (bicyclic) bond motifs is 1. The zero-order chi connectivity index (χ0) is 18.1. The number of hydrogen-bond acceptors (Lipinski definition) is 5. The number of piperazine rings is 1. The average Bonchev–Trinajstić information content (AvgIpc) is 3.06. The Labute approximate surface area is 156 Å². The molecule has 1 fully saturated rings. The number of pyridine rings is 1. The summed E-state index contributed by atoms with van der Waals surface area (Å²) >= 11 is 5.97. The Bertz CT molecular complexity index is 930. The molecule has 1 saturated heterocycles. The molecule has 1 aromatic carbocycles. The number of furan rings is 1. The van der Waals surface area contributed by atoms with Gasteiger partial charge in [-0.1, -0.05) is 11.6 Å². The van der Waals surface area contributed by atoms with Crippen LogP contribution in [0.15, 0.2) is 47.0 Å². The third-order valence-corrected chi connectivity index (χ3v) is 4.77. The van der Waals surface area contributed by atoms with E-state index in [2.05, 4.69) is 27.1 Å². The quantitative estimate of drug-likeness (QED) is 0.764. The second-order valence-electron chi connectivity index (χ2n) is 6.44. The van der Waals surface area contributed by atoms with Crippen LogP contribution in [0.4, 0.5) is 11.5 Å². The molecule has 0 aliphatic carbocycles. The largest absolute Gasteiger partial charge is 0.451 e. The molecule has 1 aliphatic rings. The van der Waals surface area contributed by atoms with Gasteiger partial charge in [-0.25, -0.2) is 4.98 Å². The molecule has 1 amide bonds. The molecule has 0 saturated carbocycles. The number of hydrogen-bond donors (Lipinski definition) is 1. The van der Waals surface area contributed by atoms with Crippen LogP contribution in [0.5, 0.6) is 0 Å². The van der Waals surface area contributed by atoms with Crippen LogP contribution in [0.25, 0.3) is 11.0 Å². The van der Waals surface area contributed by atoms with Crippen molar-refractivity contribution in [3.05, 3.63) is 53.4 Å². The lowest BCUT2D eigenvalue weighted by Gasteiger charge is -2.33. The lowest BCUT2D eigenvalue weighted by molar-refractivity contribution is 0.0998. The number of benzene rings is 1. The predicted octanol–water partition coefficient (Wildman–Crippen LogP) is 3.49. The van der Waals surface area contributed by atoms with Gasteiger partial charge in [-0.05, 0) is 43.4 Å². The molecule has 1 aliphatic heterocycles. The summed E-state index contributed by atoms with van der Waals surface area (Å²) in [5.74, 6) is 0.853. The summed E-state index contributed by atoms with van der Waals surface area (Å²) in [5.41, 5.74) is 1.26. The van der Waals surface area contributed by atoms with Gasteiger partial charge in [0.1, 0.15) is 11.4 Å². The molecule has 3 heterocycles. The van der Waals surface area contributed by atoms with E-state index in [-0.39, 0.29) is 11.7 Å². The van der Waals surface area contributed by atoms with Gasteiger partial charge in [0.05, 0.1) is 11.9 Å². The van der Waals surface area contributed by atoms with E-state index < -0.39 is 0 Å². The predicted molar refractivity (Wildman–Crippen MR) is 103 cm³/mol. The van der Waals surface area contributed by atoms with E-state index in [0.717, 1.165) is 37.4 Å². The number of carbonyl (C=O) groups is 1. The second kappa shape index (κ2) is 6.97. The molecule has 0 radical (unpaired) electrons. The van der Waals surface area contributed by atoms with E-state index in [1.54, 1.807) is 30.5 Å². The molecular formula is C19H19ClN4O2. The normalized spacial score (nSPS) is 15.4. The Kier molecular flexibility index (Phi) is 4.53. The van der Waals surface area contributed by atoms with E-state index in [1.165, 1.54) is 0 Å². The van der Waals surface area contributed by atoms with Crippen molar-refractivity contribution >= 4 is 40.0 Å². The molecule has 7 heteroatoms. The van der Waals surface area contributed by atoms with Gasteiger partial charge in [-0.15, -0.1) is 0 Å². The van der Waals surface area contributed by atoms with Crippen molar-refractivity contribution in [2.24, 2.45) is 0 Å². The van der Waals surface area contributed by atoms with Crippen LogP contribution in [0.2, 0.25) is 5.02 Å². The van der Waals surface area contributed by atoms with Crippen LogP contribution in [0.1, 0.15) is 10.6 Å². The lowest BCUT2D eigenvalue weighted by Crippen LogP contribution is -2.44. The summed E-state index contributed by atoms with van der Waals surface area (Å²) in [6.45, 7) is 3.96. The van der Waals surface area contributed by atoms with Gasteiger partial charge in [-0.2, -0.15) is 0 Å². The Morgan fingerprint density at radius 2 is 1.96 bits per heavy atom. The maximum Gasteiger partial charge on any atom is 0.291 e.